The zero-order valence-electron chi connectivity index (χ0n) is 15.4. The minimum Gasteiger partial charge on any atom is -0.364 e. The molecule has 3 fully saturated rings. The van der Waals surface area contributed by atoms with Gasteiger partial charge in [-0.1, -0.05) is 25.5 Å². The van der Waals surface area contributed by atoms with E-state index in [0.29, 0.717) is 36.4 Å². The van der Waals surface area contributed by atoms with Gasteiger partial charge in [0, 0.05) is 24.7 Å². The van der Waals surface area contributed by atoms with Gasteiger partial charge in [0.05, 0.1) is 0 Å². The summed E-state index contributed by atoms with van der Waals surface area (Å²) >= 11 is 0. The van der Waals surface area contributed by atoms with Gasteiger partial charge in [-0.25, -0.2) is 4.18 Å². The summed E-state index contributed by atoms with van der Waals surface area (Å²) in [5.74, 6) is -0.0961. The van der Waals surface area contributed by atoms with Crippen LogP contribution < -0.4 is 0 Å². The van der Waals surface area contributed by atoms with Crippen molar-refractivity contribution in [3.63, 3.8) is 0 Å². The first-order valence-electron chi connectivity index (χ1n) is 9.60. The number of carbonyl (C=O) groups excluding carboxylic acids is 1. The Morgan fingerprint density at radius 1 is 1.12 bits per heavy atom. The highest BCUT2D eigenvalue weighted by Gasteiger charge is 2.59. The zero-order valence-corrected chi connectivity index (χ0v) is 16.2. The number of aliphatic hydroxyl groups is 1. The molecule has 0 radical (unpaired) electrons. The second-order valence-corrected chi connectivity index (χ2v) is 10.3. The number of carbonyl (C=O) groups is 1. The van der Waals surface area contributed by atoms with Crippen molar-refractivity contribution < 1.29 is 27.1 Å². The standard InChI is InChI=1S/C19H28O6S/c1-17-9-10-19(21,25-26(22,23)24)11-12(17)3-4-13-14-5-6-16(20)18(14,2)8-7-15(13)17/h3,13-15,21H,4-11H2,1-2H3,(H,22,23,24)/t13-,14-,15-,17-,18-,19+/m0/s1. The molecule has 0 unspecified atom stereocenters. The van der Waals surface area contributed by atoms with Crippen LogP contribution in [0, 0.1) is 28.6 Å². The Labute approximate surface area is 155 Å². The Hall–Kier alpha value is -0.760. The highest BCUT2D eigenvalue weighted by molar-refractivity contribution is 7.80. The normalized spacial score (nSPS) is 48.4. The van der Waals surface area contributed by atoms with Crippen LogP contribution in [0.5, 0.6) is 0 Å². The van der Waals surface area contributed by atoms with E-state index in [0.717, 1.165) is 31.3 Å². The molecule has 0 bridgehead atoms. The minimum absolute atomic E-state index is 0.105. The van der Waals surface area contributed by atoms with Crippen molar-refractivity contribution in [2.45, 2.75) is 71.0 Å². The first-order chi connectivity index (χ1) is 12.0. The monoisotopic (exact) mass is 384 g/mol. The van der Waals surface area contributed by atoms with Crippen molar-refractivity contribution in [1.82, 2.24) is 0 Å². The number of fused-ring (bicyclic) bond motifs is 5. The molecule has 0 spiro atoms. The maximum atomic E-state index is 12.4. The van der Waals surface area contributed by atoms with Gasteiger partial charge in [-0.05, 0) is 55.3 Å². The lowest BCUT2D eigenvalue weighted by atomic mass is 9.48. The molecule has 0 aromatic heterocycles. The molecule has 6 atom stereocenters. The molecule has 146 valence electrons. The van der Waals surface area contributed by atoms with Crippen LogP contribution in [0.4, 0.5) is 0 Å². The van der Waals surface area contributed by atoms with Gasteiger partial charge in [-0.15, -0.1) is 0 Å². The predicted octanol–water partition coefficient (Wildman–Crippen LogP) is 3.03. The molecule has 7 heteroatoms. The summed E-state index contributed by atoms with van der Waals surface area (Å²) in [5, 5.41) is 10.5. The quantitative estimate of drug-likeness (QED) is 0.431. The van der Waals surface area contributed by atoms with Crippen LogP contribution in [0.1, 0.15) is 65.2 Å². The fourth-order valence-corrected chi connectivity index (χ4v) is 7.19. The van der Waals surface area contributed by atoms with Crippen molar-refractivity contribution in [2.24, 2.45) is 28.6 Å². The summed E-state index contributed by atoms with van der Waals surface area (Å²) < 4.78 is 35.7. The lowest BCUT2D eigenvalue weighted by Gasteiger charge is -2.57. The van der Waals surface area contributed by atoms with E-state index in [2.05, 4.69) is 24.1 Å². The number of rotatable bonds is 2. The summed E-state index contributed by atoms with van der Waals surface area (Å²) in [6, 6.07) is 0. The van der Waals surface area contributed by atoms with Gasteiger partial charge in [0.2, 0.25) is 0 Å². The molecule has 6 nitrogen and oxygen atoms in total. The van der Waals surface area contributed by atoms with Crippen molar-refractivity contribution in [1.29, 1.82) is 0 Å². The molecule has 0 aliphatic heterocycles. The van der Waals surface area contributed by atoms with Crippen LogP contribution in [0.15, 0.2) is 11.6 Å². The molecule has 4 aliphatic carbocycles. The van der Waals surface area contributed by atoms with Crippen molar-refractivity contribution >= 4 is 16.2 Å². The smallest absolute Gasteiger partial charge is 0.364 e. The summed E-state index contributed by atoms with van der Waals surface area (Å²) in [4.78, 5) is 12.4. The average Bonchev–Trinajstić information content (AvgIpc) is 2.82. The third-order valence-electron chi connectivity index (χ3n) is 8.10. The second-order valence-electron chi connectivity index (χ2n) is 9.31. The van der Waals surface area contributed by atoms with E-state index in [4.69, 9.17) is 4.55 Å². The second kappa shape index (κ2) is 5.63. The van der Waals surface area contributed by atoms with Gasteiger partial charge >= 0.3 is 10.4 Å². The number of allylic oxidation sites excluding steroid dienone is 1. The van der Waals surface area contributed by atoms with Gasteiger partial charge < -0.3 is 5.11 Å². The summed E-state index contributed by atoms with van der Waals surface area (Å²) in [7, 11) is -4.70. The number of hydrogen-bond donors (Lipinski definition) is 2. The van der Waals surface area contributed by atoms with Crippen molar-refractivity contribution in [2.75, 3.05) is 0 Å². The van der Waals surface area contributed by atoms with Crippen LogP contribution in [0.25, 0.3) is 0 Å². The summed E-state index contributed by atoms with van der Waals surface area (Å²) in [6.07, 6.45) is 7.48. The highest BCUT2D eigenvalue weighted by Crippen LogP contribution is 2.64. The summed E-state index contributed by atoms with van der Waals surface area (Å²) in [5.41, 5.74) is 0.751. The maximum Gasteiger partial charge on any atom is 0.400 e. The molecular weight excluding hydrogens is 356 g/mol. The lowest BCUT2D eigenvalue weighted by Crippen LogP contribution is -2.52. The van der Waals surface area contributed by atoms with Gasteiger partial charge in [0.25, 0.3) is 0 Å². The summed E-state index contributed by atoms with van der Waals surface area (Å²) in [6.45, 7) is 4.35. The van der Waals surface area contributed by atoms with Crippen LogP contribution in [0.3, 0.4) is 0 Å². The molecule has 0 aromatic carbocycles. The predicted molar refractivity (Wildman–Crippen MR) is 94.3 cm³/mol. The van der Waals surface area contributed by atoms with E-state index in [9.17, 15) is 18.3 Å². The Bertz CT molecular complexity index is 773. The van der Waals surface area contributed by atoms with E-state index >= 15 is 0 Å². The Kier molecular flexibility index (Phi) is 4.02. The fraction of sp³-hybridized carbons (Fsp3) is 0.842. The average molecular weight is 384 g/mol. The van der Waals surface area contributed by atoms with Gasteiger partial charge in [-0.2, -0.15) is 8.42 Å². The Morgan fingerprint density at radius 3 is 2.50 bits per heavy atom. The third-order valence-corrected chi connectivity index (χ3v) is 8.62. The molecular formula is C19H28O6S. The largest absolute Gasteiger partial charge is 0.400 e. The van der Waals surface area contributed by atoms with E-state index < -0.39 is 16.2 Å². The topological polar surface area (TPSA) is 101 Å². The van der Waals surface area contributed by atoms with Crippen molar-refractivity contribution in [3.8, 4) is 0 Å². The fourth-order valence-electron chi connectivity index (χ4n) is 6.66. The molecule has 0 saturated heterocycles. The Balaban J connectivity index is 1.63. The van der Waals surface area contributed by atoms with Crippen LogP contribution in [-0.4, -0.2) is 29.6 Å². The van der Waals surface area contributed by atoms with E-state index in [1.807, 2.05) is 0 Å². The van der Waals surface area contributed by atoms with Crippen LogP contribution in [-0.2, 0) is 19.4 Å². The molecule has 0 aromatic rings. The molecule has 2 N–H and O–H groups in total. The lowest BCUT2D eigenvalue weighted by molar-refractivity contribution is -0.169. The van der Waals surface area contributed by atoms with Crippen molar-refractivity contribution in [3.05, 3.63) is 11.6 Å². The maximum absolute atomic E-state index is 12.4. The molecule has 0 heterocycles. The van der Waals surface area contributed by atoms with Gasteiger partial charge in [-0.3, -0.25) is 9.35 Å². The van der Waals surface area contributed by atoms with Crippen LogP contribution >= 0.6 is 0 Å². The Morgan fingerprint density at radius 2 is 1.81 bits per heavy atom. The molecule has 4 aliphatic rings. The first kappa shape index (κ1) is 18.6. The zero-order chi connectivity index (χ0) is 19.0. The first-order valence-corrected chi connectivity index (χ1v) is 11.0. The number of ketones is 1. The van der Waals surface area contributed by atoms with Gasteiger partial charge in [0.1, 0.15) is 5.78 Å². The number of hydrogen-bond acceptors (Lipinski definition) is 5. The molecule has 4 rings (SSSR count). The van der Waals surface area contributed by atoms with E-state index in [1.165, 1.54) is 0 Å². The molecule has 26 heavy (non-hydrogen) atoms. The third kappa shape index (κ3) is 2.70. The molecule has 3 saturated carbocycles. The SMILES string of the molecule is C[C@]12CC[C@@](O)(OS(=O)(=O)O)CC1=CC[C@@H]1[C@@H]2CC[C@]2(C)C(=O)CC[C@@H]12. The minimum atomic E-state index is -4.70. The number of Topliss-reactive ketones (excluding diaryl/α,β-unsaturated/α-hetero) is 1. The van der Waals surface area contributed by atoms with Crippen LogP contribution in [0.2, 0.25) is 0 Å². The van der Waals surface area contributed by atoms with Gasteiger partial charge in [0.15, 0.2) is 5.79 Å². The van der Waals surface area contributed by atoms with E-state index in [-0.39, 0.29) is 23.7 Å². The highest BCUT2D eigenvalue weighted by atomic mass is 32.3. The van der Waals surface area contributed by atoms with E-state index in [1.54, 1.807) is 0 Å². The molecule has 0 amide bonds.